The zero-order valence-corrected chi connectivity index (χ0v) is 12.2. The van der Waals surface area contributed by atoms with Crippen LogP contribution < -0.4 is 10.1 Å². The molecule has 0 bridgehead atoms. The van der Waals surface area contributed by atoms with Gasteiger partial charge in [-0.1, -0.05) is 25.4 Å². The van der Waals surface area contributed by atoms with E-state index in [9.17, 15) is 0 Å². The number of halogens is 1. The lowest BCUT2D eigenvalue weighted by Gasteiger charge is -2.23. The fourth-order valence-electron chi connectivity index (χ4n) is 1.99. The summed E-state index contributed by atoms with van der Waals surface area (Å²) >= 11 is 6.07. The first-order chi connectivity index (χ1) is 8.55. The van der Waals surface area contributed by atoms with E-state index < -0.39 is 0 Å². The second-order valence-electron chi connectivity index (χ2n) is 5.51. The van der Waals surface area contributed by atoms with Crippen LogP contribution in [0.2, 0.25) is 5.02 Å². The average Bonchev–Trinajstić information content (AvgIpc) is 3.08. The van der Waals surface area contributed by atoms with Crippen LogP contribution in [0.5, 0.6) is 5.75 Å². The van der Waals surface area contributed by atoms with Crippen LogP contribution in [0.15, 0.2) is 18.2 Å². The Labute approximate surface area is 115 Å². The molecule has 2 rings (SSSR count). The highest BCUT2D eigenvalue weighted by Gasteiger charge is 2.42. The Balaban J connectivity index is 2.11. The topological polar surface area (TPSA) is 21.3 Å². The SMILES string of the molecule is CCCOc1ccc(Cl)cc1NC(C)C1(C)CC1. The minimum atomic E-state index is 0.435. The first-order valence-electron chi connectivity index (χ1n) is 6.74. The fraction of sp³-hybridized carbons (Fsp3) is 0.600. The van der Waals surface area contributed by atoms with E-state index in [1.165, 1.54) is 12.8 Å². The lowest BCUT2D eigenvalue weighted by atomic mass is 10.0. The van der Waals surface area contributed by atoms with Crippen LogP contribution in [0.25, 0.3) is 0 Å². The van der Waals surface area contributed by atoms with Crippen molar-refractivity contribution in [1.82, 2.24) is 0 Å². The number of rotatable bonds is 6. The van der Waals surface area contributed by atoms with Crippen LogP contribution in [-0.2, 0) is 0 Å². The molecule has 18 heavy (non-hydrogen) atoms. The molecule has 0 saturated heterocycles. The molecule has 1 N–H and O–H groups in total. The number of nitrogens with one attached hydrogen (secondary N) is 1. The Morgan fingerprint density at radius 3 is 2.78 bits per heavy atom. The molecule has 1 aromatic carbocycles. The minimum Gasteiger partial charge on any atom is -0.491 e. The van der Waals surface area contributed by atoms with Crippen molar-refractivity contribution in [3.8, 4) is 5.75 Å². The normalized spacial score (nSPS) is 18.2. The van der Waals surface area contributed by atoms with Gasteiger partial charge in [-0.15, -0.1) is 0 Å². The first-order valence-corrected chi connectivity index (χ1v) is 7.12. The molecule has 1 unspecified atom stereocenters. The molecule has 1 aromatic rings. The zero-order chi connectivity index (χ0) is 13.2. The Morgan fingerprint density at radius 1 is 1.44 bits per heavy atom. The van der Waals surface area contributed by atoms with E-state index in [1.54, 1.807) is 0 Å². The lowest BCUT2D eigenvalue weighted by Crippen LogP contribution is -2.25. The average molecular weight is 268 g/mol. The summed E-state index contributed by atoms with van der Waals surface area (Å²) in [5.74, 6) is 0.900. The third-order valence-corrected chi connectivity index (χ3v) is 4.09. The van der Waals surface area contributed by atoms with Crippen molar-refractivity contribution in [2.75, 3.05) is 11.9 Å². The summed E-state index contributed by atoms with van der Waals surface area (Å²) in [6.07, 6.45) is 3.61. The molecule has 1 saturated carbocycles. The molecule has 0 spiro atoms. The van der Waals surface area contributed by atoms with Gasteiger partial charge in [-0.05, 0) is 49.8 Å². The summed E-state index contributed by atoms with van der Waals surface area (Å²) in [7, 11) is 0. The van der Waals surface area contributed by atoms with Crippen LogP contribution in [0.3, 0.4) is 0 Å². The molecule has 1 aliphatic carbocycles. The Kier molecular flexibility index (Phi) is 4.06. The fourth-order valence-corrected chi connectivity index (χ4v) is 2.16. The number of hydrogen-bond acceptors (Lipinski definition) is 2. The lowest BCUT2D eigenvalue weighted by molar-refractivity contribution is 0.318. The van der Waals surface area contributed by atoms with Crippen molar-refractivity contribution < 1.29 is 4.74 Å². The van der Waals surface area contributed by atoms with Gasteiger partial charge < -0.3 is 10.1 Å². The molecule has 0 heterocycles. The summed E-state index contributed by atoms with van der Waals surface area (Å²) in [6, 6.07) is 6.22. The standard InChI is InChI=1S/C15H22ClNO/c1-4-9-18-14-6-5-12(16)10-13(14)17-11(2)15(3)7-8-15/h5-6,10-11,17H,4,7-9H2,1-3H3. The van der Waals surface area contributed by atoms with Crippen LogP contribution >= 0.6 is 11.6 Å². The van der Waals surface area contributed by atoms with Gasteiger partial charge in [0.1, 0.15) is 5.75 Å². The van der Waals surface area contributed by atoms with E-state index in [2.05, 4.69) is 26.1 Å². The first kappa shape index (κ1) is 13.5. The van der Waals surface area contributed by atoms with Crippen LogP contribution in [0.1, 0.15) is 40.0 Å². The number of anilines is 1. The Bertz CT molecular complexity index is 415. The van der Waals surface area contributed by atoms with E-state index in [0.717, 1.165) is 29.5 Å². The van der Waals surface area contributed by atoms with E-state index in [4.69, 9.17) is 16.3 Å². The molecular weight excluding hydrogens is 246 g/mol. The molecule has 100 valence electrons. The monoisotopic (exact) mass is 267 g/mol. The van der Waals surface area contributed by atoms with Gasteiger partial charge in [-0.25, -0.2) is 0 Å². The van der Waals surface area contributed by atoms with E-state index in [1.807, 2.05) is 18.2 Å². The largest absolute Gasteiger partial charge is 0.491 e. The van der Waals surface area contributed by atoms with Crippen LogP contribution in [0, 0.1) is 5.41 Å². The van der Waals surface area contributed by atoms with Gasteiger partial charge in [0.05, 0.1) is 12.3 Å². The molecule has 3 heteroatoms. The second-order valence-corrected chi connectivity index (χ2v) is 5.95. The van der Waals surface area contributed by atoms with Crippen molar-refractivity contribution in [1.29, 1.82) is 0 Å². The molecule has 0 aliphatic heterocycles. The van der Waals surface area contributed by atoms with Gasteiger partial charge in [0.15, 0.2) is 0 Å². The van der Waals surface area contributed by atoms with E-state index in [0.29, 0.717) is 11.5 Å². The Hall–Kier alpha value is -0.890. The molecule has 0 aromatic heterocycles. The van der Waals surface area contributed by atoms with Crippen molar-refractivity contribution in [2.45, 2.75) is 46.1 Å². The predicted molar refractivity (Wildman–Crippen MR) is 77.7 cm³/mol. The van der Waals surface area contributed by atoms with Gasteiger partial charge >= 0.3 is 0 Å². The van der Waals surface area contributed by atoms with Crippen LogP contribution in [-0.4, -0.2) is 12.6 Å². The van der Waals surface area contributed by atoms with Crippen molar-refractivity contribution >= 4 is 17.3 Å². The number of ether oxygens (including phenoxy) is 1. The number of benzene rings is 1. The molecule has 1 aliphatic rings. The number of hydrogen-bond donors (Lipinski definition) is 1. The third kappa shape index (κ3) is 3.11. The van der Waals surface area contributed by atoms with E-state index >= 15 is 0 Å². The van der Waals surface area contributed by atoms with Gasteiger partial charge in [0, 0.05) is 11.1 Å². The maximum Gasteiger partial charge on any atom is 0.142 e. The quantitative estimate of drug-likeness (QED) is 0.805. The summed E-state index contributed by atoms with van der Waals surface area (Å²) in [6.45, 7) is 7.40. The minimum absolute atomic E-state index is 0.435. The highest BCUT2D eigenvalue weighted by Crippen LogP contribution is 2.49. The maximum atomic E-state index is 6.07. The highest BCUT2D eigenvalue weighted by atomic mass is 35.5. The summed E-state index contributed by atoms with van der Waals surface area (Å²) in [5, 5.41) is 4.30. The van der Waals surface area contributed by atoms with E-state index in [-0.39, 0.29) is 0 Å². The summed E-state index contributed by atoms with van der Waals surface area (Å²) in [5.41, 5.74) is 1.45. The molecular formula is C15H22ClNO. The van der Waals surface area contributed by atoms with Gasteiger partial charge in [0.25, 0.3) is 0 Å². The van der Waals surface area contributed by atoms with Crippen LogP contribution in [0.4, 0.5) is 5.69 Å². The van der Waals surface area contributed by atoms with Crippen molar-refractivity contribution in [3.05, 3.63) is 23.2 Å². The summed E-state index contributed by atoms with van der Waals surface area (Å²) < 4.78 is 5.75. The summed E-state index contributed by atoms with van der Waals surface area (Å²) in [4.78, 5) is 0. The molecule has 0 radical (unpaired) electrons. The van der Waals surface area contributed by atoms with Crippen molar-refractivity contribution in [2.24, 2.45) is 5.41 Å². The van der Waals surface area contributed by atoms with Gasteiger partial charge in [-0.2, -0.15) is 0 Å². The smallest absolute Gasteiger partial charge is 0.142 e. The highest BCUT2D eigenvalue weighted by molar-refractivity contribution is 6.30. The molecule has 0 amide bonds. The van der Waals surface area contributed by atoms with Crippen molar-refractivity contribution in [3.63, 3.8) is 0 Å². The molecule has 1 fully saturated rings. The predicted octanol–water partition coefficient (Wildman–Crippen LogP) is 4.73. The molecule has 2 nitrogen and oxygen atoms in total. The maximum absolute atomic E-state index is 6.07. The van der Waals surface area contributed by atoms with Gasteiger partial charge in [0.2, 0.25) is 0 Å². The molecule has 1 atom stereocenters. The van der Waals surface area contributed by atoms with Gasteiger partial charge in [-0.3, -0.25) is 0 Å². The third-order valence-electron chi connectivity index (χ3n) is 3.86. The zero-order valence-electron chi connectivity index (χ0n) is 11.4. The Morgan fingerprint density at radius 2 is 2.17 bits per heavy atom. The second kappa shape index (κ2) is 5.40.